The molecule has 0 fully saturated rings. The standard InChI is InChI=1S/C10H9BrN2S/c1-12-9-6-14-10(13-9)7-2-4-8(11)5-3-7/h2-6,12H,1H3. The van der Waals surface area contributed by atoms with Crippen LogP contribution in [0.1, 0.15) is 0 Å². The van der Waals surface area contributed by atoms with Gasteiger partial charge in [0, 0.05) is 22.5 Å². The molecule has 0 amide bonds. The largest absolute Gasteiger partial charge is 0.372 e. The number of thiazole rings is 1. The Morgan fingerprint density at radius 2 is 2.00 bits per heavy atom. The zero-order valence-corrected chi connectivity index (χ0v) is 10.0. The fraction of sp³-hybridized carbons (Fsp3) is 0.100. The Labute approximate surface area is 95.1 Å². The van der Waals surface area contributed by atoms with Gasteiger partial charge in [0.1, 0.15) is 10.8 Å². The summed E-state index contributed by atoms with van der Waals surface area (Å²) < 4.78 is 1.09. The number of nitrogens with one attached hydrogen (secondary N) is 1. The van der Waals surface area contributed by atoms with Gasteiger partial charge in [-0.3, -0.25) is 0 Å². The van der Waals surface area contributed by atoms with E-state index in [4.69, 9.17) is 0 Å². The van der Waals surface area contributed by atoms with Crippen LogP contribution in [0.5, 0.6) is 0 Å². The van der Waals surface area contributed by atoms with Crippen LogP contribution in [0.3, 0.4) is 0 Å². The molecule has 0 saturated heterocycles. The van der Waals surface area contributed by atoms with E-state index in [0.717, 1.165) is 20.9 Å². The molecule has 0 bridgehead atoms. The smallest absolute Gasteiger partial charge is 0.137 e. The summed E-state index contributed by atoms with van der Waals surface area (Å²) in [5, 5.41) is 6.07. The van der Waals surface area contributed by atoms with Crippen molar-refractivity contribution in [2.24, 2.45) is 0 Å². The average molecular weight is 269 g/mol. The monoisotopic (exact) mass is 268 g/mol. The Morgan fingerprint density at radius 3 is 2.57 bits per heavy atom. The van der Waals surface area contributed by atoms with Crippen LogP contribution < -0.4 is 5.32 Å². The van der Waals surface area contributed by atoms with E-state index in [1.165, 1.54) is 0 Å². The highest BCUT2D eigenvalue weighted by Gasteiger charge is 2.02. The minimum Gasteiger partial charge on any atom is -0.372 e. The van der Waals surface area contributed by atoms with Crippen LogP contribution in [-0.4, -0.2) is 12.0 Å². The fourth-order valence-electron chi connectivity index (χ4n) is 1.11. The molecule has 1 aromatic heterocycles. The Hall–Kier alpha value is -0.870. The van der Waals surface area contributed by atoms with Crippen molar-refractivity contribution in [2.75, 3.05) is 12.4 Å². The minimum atomic E-state index is 0.924. The van der Waals surface area contributed by atoms with Gasteiger partial charge in [0.15, 0.2) is 0 Å². The molecule has 14 heavy (non-hydrogen) atoms. The molecule has 0 atom stereocenters. The Kier molecular flexibility index (Phi) is 2.84. The summed E-state index contributed by atoms with van der Waals surface area (Å²) in [7, 11) is 1.88. The Morgan fingerprint density at radius 1 is 1.29 bits per heavy atom. The second-order valence-corrected chi connectivity index (χ2v) is 4.57. The third-order valence-electron chi connectivity index (χ3n) is 1.85. The normalized spacial score (nSPS) is 10.1. The van der Waals surface area contributed by atoms with Gasteiger partial charge in [-0.1, -0.05) is 28.1 Å². The molecule has 2 nitrogen and oxygen atoms in total. The van der Waals surface area contributed by atoms with Crippen molar-refractivity contribution in [3.05, 3.63) is 34.1 Å². The van der Waals surface area contributed by atoms with Crippen LogP contribution in [0.15, 0.2) is 34.1 Å². The summed E-state index contributed by atoms with van der Waals surface area (Å²) in [6, 6.07) is 8.16. The molecule has 72 valence electrons. The molecule has 2 aromatic rings. The second kappa shape index (κ2) is 4.11. The van der Waals surface area contributed by atoms with Crippen molar-refractivity contribution in [1.29, 1.82) is 0 Å². The van der Waals surface area contributed by atoms with Gasteiger partial charge in [0.2, 0.25) is 0 Å². The molecule has 0 unspecified atom stereocenters. The zero-order chi connectivity index (χ0) is 9.97. The quantitative estimate of drug-likeness (QED) is 0.900. The Bertz CT molecular complexity index is 422. The van der Waals surface area contributed by atoms with Gasteiger partial charge in [-0.2, -0.15) is 0 Å². The first-order valence-electron chi connectivity index (χ1n) is 4.19. The zero-order valence-electron chi connectivity index (χ0n) is 7.62. The maximum absolute atomic E-state index is 4.42. The first-order chi connectivity index (χ1) is 6.79. The third kappa shape index (κ3) is 1.96. The second-order valence-electron chi connectivity index (χ2n) is 2.79. The molecule has 0 aliphatic rings. The van der Waals surface area contributed by atoms with E-state index in [1.807, 2.05) is 24.6 Å². The van der Waals surface area contributed by atoms with Gasteiger partial charge >= 0.3 is 0 Å². The lowest BCUT2D eigenvalue weighted by Crippen LogP contribution is -1.86. The summed E-state index contributed by atoms with van der Waals surface area (Å²) in [6.07, 6.45) is 0. The SMILES string of the molecule is CNc1csc(-c2ccc(Br)cc2)n1. The highest BCUT2D eigenvalue weighted by molar-refractivity contribution is 9.10. The van der Waals surface area contributed by atoms with E-state index in [9.17, 15) is 0 Å². The molecule has 1 N–H and O–H groups in total. The van der Waals surface area contributed by atoms with Crippen molar-refractivity contribution in [3.63, 3.8) is 0 Å². The van der Waals surface area contributed by atoms with Gasteiger partial charge in [0.05, 0.1) is 0 Å². The maximum atomic E-state index is 4.42. The number of halogens is 1. The molecule has 0 aliphatic heterocycles. The third-order valence-corrected chi connectivity index (χ3v) is 3.27. The van der Waals surface area contributed by atoms with Crippen LogP contribution in [0, 0.1) is 0 Å². The summed E-state index contributed by atoms with van der Waals surface area (Å²) in [4.78, 5) is 4.42. The van der Waals surface area contributed by atoms with Crippen molar-refractivity contribution >= 4 is 33.1 Å². The predicted molar refractivity (Wildman–Crippen MR) is 64.8 cm³/mol. The lowest BCUT2D eigenvalue weighted by Gasteiger charge is -1.95. The molecule has 4 heteroatoms. The van der Waals surface area contributed by atoms with Crippen molar-refractivity contribution < 1.29 is 0 Å². The fourth-order valence-corrected chi connectivity index (χ4v) is 2.19. The number of benzene rings is 1. The number of rotatable bonds is 2. The highest BCUT2D eigenvalue weighted by Crippen LogP contribution is 2.26. The van der Waals surface area contributed by atoms with E-state index in [-0.39, 0.29) is 0 Å². The van der Waals surface area contributed by atoms with Gasteiger partial charge in [-0.05, 0) is 12.1 Å². The summed E-state index contributed by atoms with van der Waals surface area (Å²) in [5.74, 6) is 0.924. The van der Waals surface area contributed by atoms with E-state index in [0.29, 0.717) is 0 Å². The minimum absolute atomic E-state index is 0.924. The average Bonchev–Trinajstić information content (AvgIpc) is 2.67. The number of nitrogens with zero attached hydrogens (tertiary/aromatic N) is 1. The van der Waals surface area contributed by atoms with E-state index < -0.39 is 0 Å². The van der Waals surface area contributed by atoms with Crippen LogP contribution >= 0.6 is 27.3 Å². The van der Waals surface area contributed by atoms with Crippen molar-refractivity contribution in [1.82, 2.24) is 4.98 Å². The molecule has 0 aliphatic carbocycles. The summed E-state index contributed by atoms with van der Waals surface area (Å²) >= 11 is 5.05. The van der Waals surface area contributed by atoms with Crippen LogP contribution in [-0.2, 0) is 0 Å². The summed E-state index contributed by atoms with van der Waals surface area (Å²) in [5.41, 5.74) is 1.15. The van der Waals surface area contributed by atoms with Crippen molar-refractivity contribution in [3.8, 4) is 10.6 Å². The number of hydrogen-bond donors (Lipinski definition) is 1. The van der Waals surface area contributed by atoms with E-state index in [2.05, 4.69) is 38.4 Å². The molecule has 1 aromatic carbocycles. The van der Waals surface area contributed by atoms with Gasteiger partial charge in [-0.15, -0.1) is 11.3 Å². The van der Waals surface area contributed by atoms with Crippen LogP contribution in [0.4, 0.5) is 5.82 Å². The maximum Gasteiger partial charge on any atom is 0.137 e. The van der Waals surface area contributed by atoms with Gasteiger partial charge in [0.25, 0.3) is 0 Å². The molecule has 2 rings (SSSR count). The summed E-state index contributed by atoms with van der Waals surface area (Å²) in [6.45, 7) is 0. The molecular weight excluding hydrogens is 260 g/mol. The molecule has 0 saturated carbocycles. The molecule has 0 spiro atoms. The molecule has 0 radical (unpaired) electrons. The molecular formula is C10H9BrN2S. The Balaban J connectivity index is 2.34. The number of hydrogen-bond acceptors (Lipinski definition) is 3. The topological polar surface area (TPSA) is 24.9 Å². The van der Waals surface area contributed by atoms with Gasteiger partial charge in [-0.25, -0.2) is 4.98 Å². The van der Waals surface area contributed by atoms with E-state index >= 15 is 0 Å². The first kappa shape index (κ1) is 9.68. The highest BCUT2D eigenvalue weighted by atomic mass is 79.9. The first-order valence-corrected chi connectivity index (χ1v) is 5.86. The predicted octanol–water partition coefficient (Wildman–Crippen LogP) is 3.61. The van der Waals surface area contributed by atoms with Crippen LogP contribution in [0.25, 0.3) is 10.6 Å². The number of anilines is 1. The van der Waals surface area contributed by atoms with E-state index in [1.54, 1.807) is 11.3 Å². The van der Waals surface area contributed by atoms with Gasteiger partial charge < -0.3 is 5.32 Å². The lowest BCUT2D eigenvalue weighted by molar-refractivity contribution is 1.35. The lowest BCUT2D eigenvalue weighted by atomic mass is 10.2. The molecule has 1 heterocycles. The van der Waals surface area contributed by atoms with Crippen LogP contribution in [0.2, 0.25) is 0 Å². The van der Waals surface area contributed by atoms with Crippen molar-refractivity contribution in [2.45, 2.75) is 0 Å². The number of aromatic nitrogens is 1.